The topological polar surface area (TPSA) is 12.9 Å². The van der Waals surface area contributed by atoms with Gasteiger partial charge in [0.2, 0.25) is 0 Å². The zero-order valence-electron chi connectivity index (χ0n) is 14.1. The van der Waals surface area contributed by atoms with Gasteiger partial charge >= 0.3 is 0 Å². The van der Waals surface area contributed by atoms with E-state index < -0.39 is 0 Å². The summed E-state index contributed by atoms with van der Waals surface area (Å²) in [5.41, 5.74) is 3.87. The van der Waals surface area contributed by atoms with Gasteiger partial charge in [-0.1, -0.05) is 62.4 Å². The van der Waals surface area contributed by atoms with Crippen LogP contribution in [0.5, 0.6) is 0 Å². The van der Waals surface area contributed by atoms with Crippen molar-refractivity contribution in [1.82, 2.24) is 4.98 Å². The van der Waals surface area contributed by atoms with Crippen LogP contribution in [0, 0.1) is 5.92 Å². The van der Waals surface area contributed by atoms with E-state index in [2.05, 4.69) is 74.5 Å². The van der Waals surface area contributed by atoms with E-state index in [1.807, 2.05) is 11.3 Å². The van der Waals surface area contributed by atoms with E-state index in [4.69, 9.17) is 4.98 Å². The molecule has 0 saturated carbocycles. The van der Waals surface area contributed by atoms with Crippen LogP contribution in [-0.2, 0) is 12.8 Å². The van der Waals surface area contributed by atoms with Crippen LogP contribution in [0.15, 0.2) is 60.7 Å². The molecule has 0 radical (unpaired) electrons. The van der Waals surface area contributed by atoms with Crippen molar-refractivity contribution in [2.24, 2.45) is 5.92 Å². The van der Waals surface area contributed by atoms with Crippen LogP contribution >= 0.6 is 11.3 Å². The van der Waals surface area contributed by atoms with E-state index in [1.54, 1.807) is 0 Å². The summed E-state index contributed by atoms with van der Waals surface area (Å²) in [6.45, 7) is 4.53. The first-order valence-electron chi connectivity index (χ1n) is 8.53. The van der Waals surface area contributed by atoms with E-state index in [0.717, 1.165) is 18.4 Å². The third-order valence-corrected chi connectivity index (χ3v) is 5.33. The van der Waals surface area contributed by atoms with Crippen molar-refractivity contribution in [3.63, 3.8) is 0 Å². The molecule has 0 unspecified atom stereocenters. The minimum atomic E-state index is 0.687. The molecule has 0 N–H and O–H groups in total. The quantitative estimate of drug-likeness (QED) is 0.431. The molecule has 24 heavy (non-hydrogen) atoms. The fraction of sp³-hybridized carbons (Fsp3) is 0.227. The number of benzene rings is 3. The number of nitrogens with zero attached hydrogens (tertiary/aromatic N) is 1. The lowest BCUT2D eigenvalue weighted by molar-refractivity contribution is 0.648. The Bertz CT molecular complexity index is 997. The fourth-order valence-electron chi connectivity index (χ4n) is 3.21. The van der Waals surface area contributed by atoms with Crippen molar-refractivity contribution in [2.75, 3.05) is 0 Å². The molecule has 0 fully saturated rings. The van der Waals surface area contributed by atoms with Crippen LogP contribution in [-0.4, -0.2) is 4.98 Å². The predicted octanol–water partition coefficient (Wildman–Crippen LogP) is 6.24. The largest absolute Gasteiger partial charge is 0.241 e. The van der Waals surface area contributed by atoms with Crippen LogP contribution in [0.4, 0.5) is 0 Å². The Balaban J connectivity index is 1.63. The number of aromatic nitrogens is 1. The van der Waals surface area contributed by atoms with Crippen LogP contribution in [0.25, 0.3) is 21.0 Å². The van der Waals surface area contributed by atoms with Crippen LogP contribution in [0.1, 0.15) is 30.0 Å². The molecular formula is C22H21NS. The molecule has 0 saturated heterocycles. The van der Waals surface area contributed by atoms with Gasteiger partial charge in [-0.15, -0.1) is 11.3 Å². The van der Waals surface area contributed by atoms with Gasteiger partial charge in [0.25, 0.3) is 0 Å². The molecule has 0 atom stereocenters. The Morgan fingerprint density at radius 1 is 0.875 bits per heavy atom. The highest BCUT2D eigenvalue weighted by molar-refractivity contribution is 7.18. The number of fused-ring (bicyclic) bond motifs is 2. The Morgan fingerprint density at radius 2 is 1.67 bits per heavy atom. The highest BCUT2D eigenvalue weighted by Gasteiger charge is 2.07. The summed E-state index contributed by atoms with van der Waals surface area (Å²) >= 11 is 1.83. The third kappa shape index (κ3) is 3.20. The smallest absolute Gasteiger partial charge is 0.0982 e. The van der Waals surface area contributed by atoms with E-state index >= 15 is 0 Å². The number of rotatable bonds is 4. The van der Waals surface area contributed by atoms with Crippen molar-refractivity contribution in [3.8, 4) is 0 Å². The highest BCUT2D eigenvalue weighted by Crippen LogP contribution is 2.27. The molecule has 1 heterocycles. The van der Waals surface area contributed by atoms with Gasteiger partial charge in [0.1, 0.15) is 0 Å². The molecule has 0 amide bonds. The lowest BCUT2D eigenvalue weighted by Crippen LogP contribution is -1.92. The van der Waals surface area contributed by atoms with Gasteiger partial charge in [0.05, 0.1) is 15.2 Å². The van der Waals surface area contributed by atoms with Crippen LogP contribution in [0.3, 0.4) is 0 Å². The summed E-state index contributed by atoms with van der Waals surface area (Å²) in [7, 11) is 0. The molecule has 1 aromatic heterocycles. The van der Waals surface area contributed by atoms with Gasteiger partial charge in [-0.3, -0.25) is 0 Å². The van der Waals surface area contributed by atoms with Gasteiger partial charge in [0, 0.05) is 6.42 Å². The normalized spacial score (nSPS) is 11.6. The molecule has 3 aromatic carbocycles. The predicted molar refractivity (Wildman–Crippen MR) is 105 cm³/mol. The van der Waals surface area contributed by atoms with Gasteiger partial charge in [-0.2, -0.15) is 0 Å². The molecule has 0 spiro atoms. The standard InChI is InChI=1S/C22H21NS/c1-15(2)11-16-8-10-20-21(13-16)24-22(23-20)14-17-7-9-18-5-3-4-6-19(18)12-17/h3-10,12-13,15H,11,14H2,1-2H3. The maximum atomic E-state index is 4.83. The zero-order chi connectivity index (χ0) is 16.5. The second-order valence-corrected chi connectivity index (χ2v) is 7.98. The Hall–Kier alpha value is -2.19. The summed E-state index contributed by atoms with van der Waals surface area (Å²) in [6.07, 6.45) is 2.04. The van der Waals surface area contributed by atoms with Crippen molar-refractivity contribution in [2.45, 2.75) is 26.7 Å². The van der Waals surface area contributed by atoms with Crippen LogP contribution in [0.2, 0.25) is 0 Å². The number of thiazole rings is 1. The summed E-state index contributed by atoms with van der Waals surface area (Å²) in [5.74, 6) is 0.687. The summed E-state index contributed by atoms with van der Waals surface area (Å²) < 4.78 is 1.31. The summed E-state index contributed by atoms with van der Waals surface area (Å²) in [5, 5.41) is 3.79. The van der Waals surface area contributed by atoms with Crippen molar-refractivity contribution in [3.05, 3.63) is 76.8 Å². The van der Waals surface area contributed by atoms with E-state index in [0.29, 0.717) is 5.92 Å². The lowest BCUT2D eigenvalue weighted by atomic mass is 10.0. The minimum absolute atomic E-state index is 0.687. The first kappa shape index (κ1) is 15.3. The SMILES string of the molecule is CC(C)Cc1ccc2nc(Cc3ccc4ccccc4c3)sc2c1. The summed E-state index contributed by atoms with van der Waals surface area (Å²) in [6, 6.07) is 21.9. The average molecular weight is 331 g/mol. The second-order valence-electron chi connectivity index (χ2n) is 6.87. The highest BCUT2D eigenvalue weighted by atomic mass is 32.1. The van der Waals surface area contributed by atoms with E-state index in [-0.39, 0.29) is 0 Å². The van der Waals surface area contributed by atoms with Gasteiger partial charge in [-0.05, 0) is 46.4 Å². The Labute approximate surface area is 147 Å². The average Bonchev–Trinajstić information content (AvgIpc) is 2.95. The molecule has 4 aromatic rings. The molecule has 1 nitrogen and oxygen atoms in total. The molecule has 0 aliphatic rings. The van der Waals surface area contributed by atoms with Gasteiger partial charge in [-0.25, -0.2) is 4.98 Å². The molecule has 0 aliphatic carbocycles. The zero-order valence-corrected chi connectivity index (χ0v) is 14.9. The molecule has 2 heteroatoms. The van der Waals surface area contributed by atoms with Crippen LogP contribution < -0.4 is 0 Å². The van der Waals surface area contributed by atoms with Gasteiger partial charge < -0.3 is 0 Å². The minimum Gasteiger partial charge on any atom is -0.241 e. The first-order valence-corrected chi connectivity index (χ1v) is 9.35. The monoisotopic (exact) mass is 331 g/mol. The Morgan fingerprint density at radius 3 is 2.50 bits per heavy atom. The molecule has 0 bridgehead atoms. The third-order valence-electron chi connectivity index (χ3n) is 4.31. The lowest BCUT2D eigenvalue weighted by Gasteiger charge is -2.03. The number of hydrogen-bond donors (Lipinski definition) is 0. The number of hydrogen-bond acceptors (Lipinski definition) is 2. The Kier molecular flexibility index (Phi) is 4.07. The van der Waals surface area contributed by atoms with Gasteiger partial charge in [0.15, 0.2) is 0 Å². The second kappa shape index (κ2) is 6.37. The molecule has 0 aliphatic heterocycles. The van der Waals surface area contributed by atoms with E-state index in [9.17, 15) is 0 Å². The molecule has 4 rings (SSSR count). The van der Waals surface area contributed by atoms with Crippen molar-refractivity contribution in [1.29, 1.82) is 0 Å². The maximum Gasteiger partial charge on any atom is 0.0982 e. The molecular weight excluding hydrogens is 310 g/mol. The van der Waals surface area contributed by atoms with Crippen molar-refractivity contribution >= 4 is 32.3 Å². The fourth-order valence-corrected chi connectivity index (χ4v) is 4.28. The van der Waals surface area contributed by atoms with Crippen molar-refractivity contribution < 1.29 is 0 Å². The summed E-state index contributed by atoms with van der Waals surface area (Å²) in [4.78, 5) is 4.83. The molecule has 120 valence electrons. The first-order chi connectivity index (χ1) is 11.7. The van der Waals surface area contributed by atoms with E-state index in [1.165, 1.54) is 31.6 Å². The maximum absolute atomic E-state index is 4.83.